The van der Waals surface area contributed by atoms with Gasteiger partial charge in [0.05, 0.1) is 6.04 Å². The number of halogens is 1. The molecule has 0 saturated heterocycles. The van der Waals surface area contributed by atoms with Crippen molar-refractivity contribution in [2.45, 2.75) is 65.0 Å². The molecule has 1 aliphatic heterocycles. The van der Waals surface area contributed by atoms with E-state index in [4.69, 9.17) is 4.74 Å². The van der Waals surface area contributed by atoms with Crippen molar-refractivity contribution < 1.29 is 9.53 Å². The fourth-order valence-electron chi connectivity index (χ4n) is 3.95. The number of benzene rings is 1. The number of allylic oxidation sites excluding steroid dienone is 1. The number of carbonyl (C=O) groups excluding carboxylic acids is 1. The Morgan fingerprint density at radius 3 is 2.64 bits per heavy atom. The van der Waals surface area contributed by atoms with Gasteiger partial charge in [-0.2, -0.15) is 0 Å². The van der Waals surface area contributed by atoms with Crippen LogP contribution in [0.3, 0.4) is 0 Å². The minimum absolute atomic E-state index is 0. The van der Waals surface area contributed by atoms with Gasteiger partial charge in [-0.1, -0.05) is 42.0 Å². The highest BCUT2D eigenvalue weighted by Crippen LogP contribution is 2.40. The van der Waals surface area contributed by atoms with Crippen molar-refractivity contribution in [3.63, 3.8) is 0 Å². The first-order valence-electron chi connectivity index (χ1n) is 9.99. The molecule has 1 aromatic rings. The van der Waals surface area contributed by atoms with Crippen LogP contribution in [0.4, 0.5) is 4.79 Å². The Balaban J connectivity index is 0.00000280. The van der Waals surface area contributed by atoms with Crippen LogP contribution in [0.5, 0.6) is 0 Å². The van der Waals surface area contributed by atoms with Crippen molar-refractivity contribution >= 4 is 24.6 Å². The van der Waals surface area contributed by atoms with Gasteiger partial charge < -0.3 is 10.1 Å². The van der Waals surface area contributed by atoms with Crippen LogP contribution in [-0.4, -0.2) is 35.7 Å². The molecule has 1 aromatic carbocycles. The molecule has 1 unspecified atom stereocenters. The Morgan fingerprint density at radius 1 is 1.25 bits per heavy atom. The van der Waals surface area contributed by atoms with Crippen molar-refractivity contribution in [3.05, 3.63) is 52.7 Å². The smallest absolute Gasteiger partial charge is 0.414 e. The molecule has 3 rings (SSSR count). The topological polar surface area (TPSA) is 41.6 Å². The Labute approximate surface area is 175 Å². The van der Waals surface area contributed by atoms with Crippen LogP contribution >= 0.6 is 12.4 Å². The van der Waals surface area contributed by atoms with E-state index in [0.29, 0.717) is 0 Å². The summed E-state index contributed by atoms with van der Waals surface area (Å²) in [4.78, 5) is 14.7. The standard InChI is InChI=1S/C23H32N2O2.ClH/c1-17(13-18-9-6-5-7-10-18)15-24-16-20-14-19-11-8-12-21(19)25(20)22(26)27-23(2,3)4;/h5-7,9-10,13,20,24H,8,11-12,14-16H2,1-4H3;1H/b17-13+;. The summed E-state index contributed by atoms with van der Waals surface area (Å²) in [6.07, 6.45) is 6.26. The maximum atomic E-state index is 12.8. The van der Waals surface area contributed by atoms with Gasteiger partial charge in [-0.15, -0.1) is 12.4 Å². The van der Waals surface area contributed by atoms with Gasteiger partial charge in [0.2, 0.25) is 0 Å². The van der Waals surface area contributed by atoms with Crippen LogP contribution in [0.2, 0.25) is 0 Å². The lowest BCUT2D eigenvalue weighted by molar-refractivity contribution is 0.0259. The molecule has 2 aliphatic rings. The van der Waals surface area contributed by atoms with Crippen LogP contribution in [0, 0.1) is 0 Å². The molecule has 0 bridgehead atoms. The van der Waals surface area contributed by atoms with Crippen molar-refractivity contribution in [1.29, 1.82) is 0 Å². The fourth-order valence-corrected chi connectivity index (χ4v) is 3.95. The van der Waals surface area contributed by atoms with E-state index >= 15 is 0 Å². The molecule has 1 atom stereocenters. The van der Waals surface area contributed by atoms with E-state index in [1.165, 1.54) is 22.4 Å². The van der Waals surface area contributed by atoms with Gasteiger partial charge >= 0.3 is 6.09 Å². The summed E-state index contributed by atoms with van der Waals surface area (Å²) in [5.41, 5.74) is 4.69. The van der Waals surface area contributed by atoms with Crippen molar-refractivity contribution in [2.24, 2.45) is 0 Å². The maximum absolute atomic E-state index is 12.8. The van der Waals surface area contributed by atoms with Gasteiger partial charge in [-0.25, -0.2) is 4.79 Å². The molecule has 1 heterocycles. The Hall–Kier alpha value is -1.78. The van der Waals surface area contributed by atoms with E-state index in [1.54, 1.807) is 0 Å². The highest BCUT2D eigenvalue weighted by Gasteiger charge is 2.39. The lowest BCUT2D eigenvalue weighted by atomic mass is 10.1. The number of likely N-dealkylation sites (tertiary alicyclic amines) is 1. The number of ether oxygens (including phenoxy) is 1. The summed E-state index contributed by atoms with van der Waals surface area (Å²) in [5, 5.41) is 3.54. The SMILES string of the molecule is C/C(=C\c1ccccc1)CNCC1CC2=C(CCC2)N1C(=O)OC(C)(C)C.Cl. The first-order valence-corrected chi connectivity index (χ1v) is 9.99. The molecular formula is C23H33ClN2O2. The van der Waals surface area contributed by atoms with E-state index in [1.807, 2.05) is 31.7 Å². The third kappa shape index (κ3) is 5.86. The lowest BCUT2D eigenvalue weighted by Crippen LogP contribution is -2.44. The molecule has 0 saturated carbocycles. The molecule has 0 fully saturated rings. The maximum Gasteiger partial charge on any atom is 0.414 e. The Morgan fingerprint density at radius 2 is 1.96 bits per heavy atom. The summed E-state index contributed by atoms with van der Waals surface area (Å²) in [6.45, 7) is 9.52. The van der Waals surface area contributed by atoms with Crippen LogP contribution in [-0.2, 0) is 4.74 Å². The number of carbonyl (C=O) groups is 1. The minimum atomic E-state index is -0.466. The monoisotopic (exact) mass is 404 g/mol. The van der Waals surface area contributed by atoms with Crippen LogP contribution in [0.15, 0.2) is 47.2 Å². The van der Waals surface area contributed by atoms with Crippen LogP contribution < -0.4 is 5.32 Å². The third-order valence-corrected chi connectivity index (χ3v) is 5.02. The number of nitrogens with zero attached hydrogens (tertiary/aromatic N) is 1. The van der Waals surface area contributed by atoms with Gasteiger partial charge in [-0.05, 0) is 64.5 Å². The molecule has 0 spiro atoms. The second-order valence-corrected chi connectivity index (χ2v) is 8.64. The minimum Gasteiger partial charge on any atom is -0.443 e. The first-order chi connectivity index (χ1) is 12.8. The highest BCUT2D eigenvalue weighted by atomic mass is 35.5. The van der Waals surface area contributed by atoms with Gasteiger partial charge in [0, 0.05) is 18.8 Å². The van der Waals surface area contributed by atoms with Gasteiger partial charge in [0.15, 0.2) is 0 Å². The molecule has 154 valence electrons. The second-order valence-electron chi connectivity index (χ2n) is 8.64. The molecular weight excluding hydrogens is 372 g/mol. The predicted molar refractivity (Wildman–Crippen MR) is 118 cm³/mol. The number of hydrogen-bond donors (Lipinski definition) is 1. The molecule has 1 aliphatic carbocycles. The first kappa shape index (κ1) is 22.5. The van der Waals surface area contributed by atoms with Crippen LogP contribution in [0.1, 0.15) is 58.9 Å². The Kier molecular flexibility index (Phi) is 7.73. The molecule has 5 heteroatoms. The highest BCUT2D eigenvalue weighted by molar-refractivity contribution is 5.85. The number of amides is 1. The van der Waals surface area contributed by atoms with E-state index in [9.17, 15) is 4.79 Å². The zero-order valence-electron chi connectivity index (χ0n) is 17.5. The van der Waals surface area contributed by atoms with Crippen molar-refractivity contribution in [2.75, 3.05) is 13.1 Å². The number of rotatable bonds is 5. The van der Waals surface area contributed by atoms with Gasteiger partial charge in [0.1, 0.15) is 5.60 Å². The normalized spacial score (nSPS) is 19.5. The summed E-state index contributed by atoms with van der Waals surface area (Å²) in [6, 6.07) is 10.5. The molecule has 1 N–H and O–H groups in total. The summed E-state index contributed by atoms with van der Waals surface area (Å²) in [5.74, 6) is 0. The Bertz CT molecular complexity index is 735. The average Bonchev–Trinajstić information content (AvgIpc) is 3.14. The summed E-state index contributed by atoms with van der Waals surface area (Å²) in [7, 11) is 0. The van der Waals surface area contributed by atoms with E-state index < -0.39 is 5.60 Å². The van der Waals surface area contributed by atoms with Gasteiger partial charge in [-0.3, -0.25) is 4.90 Å². The number of hydrogen-bond acceptors (Lipinski definition) is 3. The quantitative estimate of drug-likeness (QED) is 0.699. The molecule has 1 amide bonds. The third-order valence-electron chi connectivity index (χ3n) is 5.02. The zero-order chi connectivity index (χ0) is 19.4. The van der Waals surface area contributed by atoms with Crippen molar-refractivity contribution in [1.82, 2.24) is 10.2 Å². The largest absolute Gasteiger partial charge is 0.443 e. The van der Waals surface area contributed by atoms with E-state index in [0.717, 1.165) is 38.8 Å². The summed E-state index contributed by atoms with van der Waals surface area (Å²) >= 11 is 0. The predicted octanol–water partition coefficient (Wildman–Crippen LogP) is 5.55. The van der Waals surface area contributed by atoms with Crippen molar-refractivity contribution in [3.8, 4) is 0 Å². The molecule has 4 nitrogen and oxygen atoms in total. The molecule has 0 radical (unpaired) electrons. The van der Waals surface area contributed by atoms with Gasteiger partial charge in [0.25, 0.3) is 0 Å². The van der Waals surface area contributed by atoms with E-state index in [2.05, 4.69) is 42.6 Å². The molecule has 0 aromatic heterocycles. The fraction of sp³-hybridized carbons (Fsp3) is 0.522. The average molecular weight is 405 g/mol. The lowest BCUT2D eigenvalue weighted by Gasteiger charge is -2.31. The van der Waals surface area contributed by atoms with E-state index in [-0.39, 0.29) is 24.5 Å². The number of nitrogens with one attached hydrogen (secondary N) is 1. The summed E-state index contributed by atoms with van der Waals surface area (Å²) < 4.78 is 5.68. The second kappa shape index (κ2) is 9.62. The zero-order valence-corrected chi connectivity index (χ0v) is 18.3. The molecule has 28 heavy (non-hydrogen) atoms. The van der Waals surface area contributed by atoms with Crippen LogP contribution in [0.25, 0.3) is 6.08 Å².